The maximum absolute atomic E-state index is 14.0. The lowest BCUT2D eigenvalue weighted by atomic mass is 9.88. The number of benzene rings is 1. The van der Waals surface area contributed by atoms with Crippen LogP contribution in [-0.4, -0.2) is 41.7 Å². The van der Waals surface area contributed by atoms with E-state index in [1.807, 2.05) is 4.90 Å². The summed E-state index contributed by atoms with van der Waals surface area (Å²) in [5.74, 6) is -0.241. The molecule has 1 saturated heterocycles. The Morgan fingerprint density at radius 1 is 1.55 bits per heavy atom. The molecule has 1 atom stereocenters. The fourth-order valence-electron chi connectivity index (χ4n) is 2.93. The van der Waals surface area contributed by atoms with Crippen LogP contribution in [0.3, 0.4) is 0 Å². The summed E-state index contributed by atoms with van der Waals surface area (Å²) in [6.07, 6.45) is 1.97. The zero-order valence-electron chi connectivity index (χ0n) is 12.8. The van der Waals surface area contributed by atoms with E-state index >= 15 is 0 Å². The minimum absolute atomic E-state index is 0.168. The first-order valence-electron chi connectivity index (χ1n) is 7.47. The van der Waals surface area contributed by atoms with Gasteiger partial charge >= 0.3 is 0 Å². The number of amides is 1. The number of hydrogen-bond donors (Lipinski definition) is 2. The van der Waals surface area contributed by atoms with Gasteiger partial charge < -0.3 is 15.6 Å². The summed E-state index contributed by atoms with van der Waals surface area (Å²) in [4.78, 5) is 12.9. The van der Waals surface area contributed by atoms with Crippen molar-refractivity contribution in [2.75, 3.05) is 20.2 Å². The number of β-amino-alcohol motifs (C(OH)–C–C–N with tert-alkyl or cyclic N) is 1. The first-order chi connectivity index (χ1) is 10.4. The van der Waals surface area contributed by atoms with E-state index in [4.69, 9.17) is 10.5 Å². The monoisotopic (exact) mass is 310 g/mol. The van der Waals surface area contributed by atoms with Crippen LogP contribution in [0.2, 0.25) is 0 Å². The van der Waals surface area contributed by atoms with Crippen LogP contribution >= 0.6 is 0 Å². The molecule has 1 aliphatic heterocycles. The van der Waals surface area contributed by atoms with Gasteiger partial charge in [-0.25, -0.2) is 4.39 Å². The van der Waals surface area contributed by atoms with E-state index in [0.29, 0.717) is 37.2 Å². The molecular weight excluding hydrogens is 287 g/mol. The highest BCUT2D eigenvalue weighted by Gasteiger charge is 2.33. The molecular formula is C16H23FN2O3. The summed E-state index contributed by atoms with van der Waals surface area (Å²) in [7, 11) is 1.50. The third kappa shape index (κ3) is 4.42. The van der Waals surface area contributed by atoms with Crippen LogP contribution in [0.15, 0.2) is 18.2 Å². The molecule has 1 amide bonds. The number of ether oxygens (including phenoxy) is 1. The molecule has 22 heavy (non-hydrogen) atoms. The molecule has 0 aliphatic carbocycles. The Balaban J connectivity index is 1.99. The summed E-state index contributed by atoms with van der Waals surface area (Å²) in [5.41, 5.74) is 4.80. The molecule has 1 fully saturated rings. The number of likely N-dealkylation sites (tertiary alicyclic amines) is 1. The third-order valence-electron chi connectivity index (χ3n) is 4.13. The summed E-state index contributed by atoms with van der Waals surface area (Å²) < 4.78 is 19.0. The van der Waals surface area contributed by atoms with Gasteiger partial charge in [-0.05, 0) is 31.9 Å². The second kappa shape index (κ2) is 7.07. The molecule has 5 nitrogen and oxygen atoms in total. The normalized spacial score (nSPS) is 22.5. The van der Waals surface area contributed by atoms with Crippen molar-refractivity contribution < 1.29 is 19.0 Å². The first-order valence-corrected chi connectivity index (χ1v) is 7.47. The van der Waals surface area contributed by atoms with Gasteiger partial charge in [0.2, 0.25) is 5.91 Å². The number of nitrogens with two attached hydrogens (primary N) is 1. The smallest absolute Gasteiger partial charge is 0.217 e. The minimum Gasteiger partial charge on any atom is -0.497 e. The van der Waals surface area contributed by atoms with Gasteiger partial charge in [0, 0.05) is 31.1 Å². The number of carbonyl (C=O) groups excluding carboxylic acids is 1. The number of carbonyl (C=O) groups is 1. The summed E-state index contributed by atoms with van der Waals surface area (Å²) in [6, 6.07) is 4.78. The highest BCUT2D eigenvalue weighted by Crippen LogP contribution is 2.27. The van der Waals surface area contributed by atoms with Crippen LogP contribution in [0.1, 0.15) is 31.2 Å². The van der Waals surface area contributed by atoms with Crippen molar-refractivity contribution in [2.24, 2.45) is 5.73 Å². The van der Waals surface area contributed by atoms with E-state index in [-0.39, 0.29) is 12.2 Å². The van der Waals surface area contributed by atoms with Crippen LogP contribution in [0.25, 0.3) is 0 Å². The van der Waals surface area contributed by atoms with Gasteiger partial charge in [-0.15, -0.1) is 0 Å². The van der Waals surface area contributed by atoms with Crippen LogP contribution in [0.5, 0.6) is 5.75 Å². The van der Waals surface area contributed by atoms with Crippen molar-refractivity contribution in [1.29, 1.82) is 0 Å². The molecule has 1 aliphatic rings. The Morgan fingerprint density at radius 2 is 2.32 bits per heavy atom. The first kappa shape index (κ1) is 16.7. The lowest BCUT2D eigenvalue weighted by molar-refractivity contribution is -0.120. The van der Waals surface area contributed by atoms with Crippen molar-refractivity contribution in [3.05, 3.63) is 29.6 Å². The van der Waals surface area contributed by atoms with Gasteiger partial charge in [-0.3, -0.25) is 9.69 Å². The fourth-order valence-corrected chi connectivity index (χ4v) is 2.93. The van der Waals surface area contributed by atoms with Crippen molar-refractivity contribution >= 4 is 5.91 Å². The Hall–Kier alpha value is -1.66. The molecule has 6 heteroatoms. The molecule has 1 aromatic carbocycles. The zero-order chi connectivity index (χ0) is 16.2. The van der Waals surface area contributed by atoms with Crippen LogP contribution in [0, 0.1) is 5.82 Å². The van der Waals surface area contributed by atoms with Gasteiger partial charge in [0.1, 0.15) is 11.6 Å². The van der Waals surface area contributed by atoms with E-state index in [9.17, 15) is 14.3 Å². The van der Waals surface area contributed by atoms with Crippen LogP contribution < -0.4 is 10.5 Å². The number of halogens is 1. The molecule has 3 N–H and O–H groups in total. The summed E-state index contributed by atoms with van der Waals surface area (Å²) >= 11 is 0. The minimum atomic E-state index is -0.920. The van der Waals surface area contributed by atoms with E-state index in [0.717, 1.165) is 13.0 Å². The SMILES string of the molecule is COc1ccc(CN2CCC[C@@](O)(CCC(N)=O)C2)c(F)c1. The quantitative estimate of drug-likeness (QED) is 0.833. The number of piperidine rings is 1. The zero-order valence-corrected chi connectivity index (χ0v) is 12.8. The van der Waals surface area contributed by atoms with Gasteiger partial charge in [-0.1, -0.05) is 6.07 Å². The van der Waals surface area contributed by atoms with Gasteiger partial charge in [0.15, 0.2) is 0 Å². The van der Waals surface area contributed by atoms with Crippen LogP contribution in [-0.2, 0) is 11.3 Å². The number of methoxy groups -OCH3 is 1. The Bertz CT molecular complexity index is 538. The van der Waals surface area contributed by atoms with E-state index in [1.165, 1.54) is 13.2 Å². The second-order valence-electron chi connectivity index (χ2n) is 5.96. The predicted molar refractivity (Wildman–Crippen MR) is 80.8 cm³/mol. The molecule has 1 heterocycles. The number of aliphatic hydroxyl groups is 1. The molecule has 0 saturated carbocycles. The maximum atomic E-state index is 14.0. The van der Waals surface area contributed by atoms with Crippen molar-refractivity contribution in [2.45, 2.75) is 37.8 Å². The predicted octanol–water partition coefficient (Wildman–Crippen LogP) is 1.43. The Kier molecular flexibility index (Phi) is 5.37. The lowest BCUT2D eigenvalue weighted by Gasteiger charge is -2.39. The average Bonchev–Trinajstić information content (AvgIpc) is 2.47. The molecule has 122 valence electrons. The molecule has 2 rings (SSSR count). The molecule has 0 bridgehead atoms. The van der Waals surface area contributed by atoms with Crippen molar-refractivity contribution in [1.82, 2.24) is 4.90 Å². The largest absolute Gasteiger partial charge is 0.497 e. The summed E-state index contributed by atoms with van der Waals surface area (Å²) in [5, 5.41) is 10.6. The van der Waals surface area contributed by atoms with E-state index in [1.54, 1.807) is 12.1 Å². The van der Waals surface area contributed by atoms with Crippen molar-refractivity contribution in [3.63, 3.8) is 0 Å². The molecule has 0 spiro atoms. The van der Waals surface area contributed by atoms with Gasteiger partial charge in [-0.2, -0.15) is 0 Å². The van der Waals surface area contributed by atoms with E-state index in [2.05, 4.69) is 0 Å². The molecule has 0 aromatic heterocycles. The molecule has 0 unspecified atom stereocenters. The Labute approximate surface area is 129 Å². The lowest BCUT2D eigenvalue weighted by Crippen LogP contribution is -2.48. The maximum Gasteiger partial charge on any atom is 0.217 e. The van der Waals surface area contributed by atoms with Crippen LogP contribution in [0.4, 0.5) is 4.39 Å². The van der Waals surface area contributed by atoms with Crippen molar-refractivity contribution in [3.8, 4) is 5.75 Å². The molecule has 0 radical (unpaired) electrons. The number of nitrogens with zero attached hydrogens (tertiary/aromatic N) is 1. The number of primary amides is 1. The Morgan fingerprint density at radius 3 is 2.95 bits per heavy atom. The van der Waals surface area contributed by atoms with E-state index < -0.39 is 11.5 Å². The molecule has 1 aromatic rings. The number of rotatable bonds is 6. The van der Waals surface area contributed by atoms with Gasteiger partial charge in [0.05, 0.1) is 12.7 Å². The third-order valence-corrected chi connectivity index (χ3v) is 4.13. The van der Waals surface area contributed by atoms with Gasteiger partial charge in [0.25, 0.3) is 0 Å². The highest BCUT2D eigenvalue weighted by atomic mass is 19.1. The average molecular weight is 310 g/mol. The fraction of sp³-hybridized carbons (Fsp3) is 0.562. The summed E-state index contributed by atoms with van der Waals surface area (Å²) in [6.45, 7) is 1.64. The topological polar surface area (TPSA) is 75.8 Å². The number of hydrogen-bond acceptors (Lipinski definition) is 4. The second-order valence-corrected chi connectivity index (χ2v) is 5.96. The highest BCUT2D eigenvalue weighted by molar-refractivity contribution is 5.73. The standard InChI is InChI=1S/C16H23FN2O3/c1-22-13-4-3-12(14(17)9-13)10-19-8-2-6-16(21,11-19)7-5-15(18)20/h3-4,9,21H,2,5-8,10-11H2,1H3,(H2,18,20)/t16-/m1/s1.